The van der Waals surface area contributed by atoms with Gasteiger partial charge in [-0.3, -0.25) is 0 Å². The zero-order valence-corrected chi connectivity index (χ0v) is 39.2. The Morgan fingerprint density at radius 2 is 0.682 bits per heavy atom. The largest absolute Gasteiger partial charge is 0.309 e. The van der Waals surface area contributed by atoms with Crippen LogP contribution in [0.15, 0.2) is 170 Å². The van der Waals surface area contributed by atoms with Crippen molar-refractivity contribution in [3.63, 3.8) is 0 Å². The van der Waals surface area contributed by atoms with Crippen molar-refractivity contribution in [2.24, 2.45) is 0 Å². The molecule has 0 radical (unpaired) electrons. The second-order valence-corrected chi connectivity index (χ2v) is 22.0. The summed E-state index contributed by atoms with van der Waals surface area (Å²) in [5.74, 6) is 0.0322. The Labute approximate surface area is 389 Å². The monoisotopic (exact) mass is 847 g/mol. The fourth-order valence-corrected chi connectivity index (χ4v) is 13.9. The zero-order chi connectivity index (χ0) is 44.8. The van der Waals surface area contributed by atoms with Gasteiger partial charge < -0.3 is 4.90 Å². The second-order valence-electron chi connectivity index (χ2n) is 22.0. The van der Waals surface area contributed by atoms with Gasteiger partial charge in [0.05, 0.1) is 17.1 Å². The lowest BCUT2D eigenvalue weighted by Crippen LogP contribution is -2.26. The van der Waals surface area contributed by atoms with E-state index in [1.165, 1.54) is 134 Å². The van der Waals surface area contributed by atoms with Crippen molar-refractivity contribution in [2.75, 3.05) is 4.90 Å². The highest BCUT2D eigenvalue weighted by molar-refractivity contribution is 6.11. The van der Waals surface area contributed by atoms with Crippen LogP contribution in [0.2, 0.25) is 0 Å². The van der Waals surface area contributed by atoms with E-state index in [1.807, 2.05) is 0 Å². The highest BCUT2D eigenvalue weighted by Crippen LogP contribution is 2.63. The molecule has 318 valence electrons. The Balaban J connectivity index is 1.09. The van der Waals surface area contributed by atoms with Crippen molar-refractivity contribution in [3.8, 4) is 44.5 Å². The third kappa shape index (κ3) is 4.61. The first-order valence-corrected chi connectivity index (χ1v) is 24.0. The highest BCUT2D eigenvalue weighted by atomic mass is 15.2. The first kappa shape index (κ1) is 38.3. The van der Waals surface area contributed by atoms with Gasteiger partial charge in [0.1, 0.15) is 0 Å². The summed E-state index contributed by atoms with van der Waals surface area (Å²) >= 11 is 0. The fourth-order valence-electron chi connectivity index (χ4n) is 13.9. The van der Waals surface area contributed by atoms with Crippen LogP contribution < -0.4 is 4.90 Å². The summed E-state index contributed by atoms with van der Waals surface area (Å²) in [6.07, 6.45) is 0. The quantitative estimate of drug-likeness (QED) is 0.168. The van der Waals surface area contributed by atoms with Crippen molar-refractivity contribution < 1.29 is 0 Å². The Kier molecular flexibility index (Phi) is 7.24. The number of benzene rings is 9. The van der Waals surface area contributed by atoms with E-state index >= 15 is 0 Å². The molecular weight excluding hydrogens is 795 g/mol. The van der Waals surface area contributed by atoms with Crippen LogP contribution in [-0.2, 0) is 21.7 Å². The maximum absolute atomic E-state index is 2.71. The van der Waals surface area contributed by atoms with Crippen molar-refractivity contribution >= 4 is 27.8 Å². The molecule has 0 atom stereocenters. The van der Waals surface area contributed by atoms with Crippen LogP contribution in [0.4, 0.5) is 17.1 Å². The smallest absolute Gasteiger partial charge is 0.0543 e. The van der Waals surface area contributed by atoms with Gasteiger partial charge in [0.2, 0.25) is 0 Å². The van der Waals surface area contributed by atoms with Crippen LogP contribution in [0.3, 0.4) is 0 Å². The van der Waals surface area contributed by atoms with E-state index in [0.717, 1.165) is 0 Å². The minimum absolute atomic E-state index is 0.0322. The summed E-state index contributed by atoms with van der Waals surface area (Å²) in [5, 5.41) is 2.60. The van der Waals surface area contributed by atoms with Crippen LogP contribution in [-0.4, -0.2) is 0 Å². The Hall–Kier alpha value is -6.96. The van der Waals surface area contributed by atoms with Crippen LogP contribution in [0.1, 0.15) is 123 Å². The molecule has 1 nitrogen and oxygen atoms in total. The van der Waals surface area contributed by atoms with Gasteiger partial charge in [-0.25, -0.2) is 0 Å². The van der Waals surface area contributed by atoms with E-state index in [2.05, 4.69) is 230 Å². The normalized spacial score (nSPS) is 17.5. The van der Waals surface area contributed by atoms with Gasteiger partial charge >= 0.3 is 0 Å². The van der Waals surface area contributed by atoms with E-state index in [4.69, 9.17) is 0 Å². The zero-order valence-electron chi connectivity index (χ0n) is 39.2. The van der Waals surface area contributed by atoms with E-state index in [9.17, 15) is 0 Å². The number of rotatable bonds is 2. The molecule has 0 aromatic heterocycles. The first-order chi connectivity index (χ1) is 31.8. The second kappa shape index (κ2) is 12.5. The molecule has 0 saturated heterocycles. The molecule has 9 aromatic rings. The van der Waals surface area contributed by atoms with Gasteiger partial charge in [0, 0.05) is 33.0 Å². The molecule has 0 spiro atoms. The van der Waals surface area contributed by atoms with Gasteiger partial charge in [-0.15, -0.1) is 0 Å². The van der Waals surface area contributed by atoms with Crippen molar-refractivity contribution in [2.45, 2.75) is 83.0 Å². The van der Waals surface area contributed by atoms with Crippen LogP contribution in [0, 0.1) is 0 Å². The third-order valence-corrected chi connectivity index (χ3v) is 17.3. The van der Waals surface area contributed by atoms with E-state index in [0.29, 0.717) is 0 Å². The van der Waals surface area contributed by atoms with Crippen LogP contribution >= 0.6 is 0 Å². The van der Waals surface area contributed by atoms with E-state index in [1.54, 1.807) is 0 Å². The summed E-state index contributed by atoms with van der Waals surface area (Å²) < 4.78 is 0. The molecule has 66 heavy (non-hydrogen) atoms. The average molecular weight is 848 g/mol. The Morgan fingerprint density at radius 3 is 1.21 bits per heavy atom. The first-order valence-electron chi connectivity index (χ1n) is 24.0. The molecule has 1 heteroatoms. The van der Waals surface area contributed by atoms with Crippen molar-refractivity contribution in [1.82, 2.24) is 0 Å². The molecule has 0 fully saturated rings. The molecule has 5 aliphatic rings. The molecule has 0 amide bonds. The highest BCUT2D eigenvalue weighted by Gasteiger charge is 2.46. The molecule has 1 heterocycles. The van der Waals surface area contributed by atoms with E-state index in [-0.39, 0.29) is 27.6 Å². The maximum Gasteiger partial charge on any atom is 0.0543 e. The third-order valence-electron chi connectivity index (χ3n) is 17.3. The number of nitrogens with zero attached hydrogens (tertiary/aromatic N) is 1. The van der Waals surface area contributed by atoms with Gasteiger partial charge in [0.15, 0.2) is 0 Å². The number of hydrogen-bond donors (Lipinski definition) is 0. The van der Waals surface area contributed by atoms with Crippen LogP contribution in [0.25, 0.3) is 55.3 Å². The lowest BCUT2D eigenvalue weighted by molar-refractivity contribution is 0.652. The fraction of sp³-hybridized carbons (Fsp3) is 0.200. The standard InChI is InChI=1S/C65H53N/c1-62(2)51-29-19-16-24-40(51)45-32-53-46(33-52(45)62)61-42-26-13-12-25-41(42)57(36-56(61)65(53,7)8)66-58-34-54-43(38-22-14-17-27-49(38)63(54,3)4)30-47(58)60(37-20-10-9-11-21-37)48-31-44-39-23-15-18-28-50(39)64(5,6)55(44)35-59(48)66/h9-36,60H,1-8H3. The molecular formula is C65H53N. The van der Waals surface area contributed by atoms with Crippen molar-refractivity contribution in [1.29, 1.82) is 0 Å². The SMILES string of the molecule is CC1(C)c2ccccc2-c2cc3c(cc21)-c1c(cc(N2c4cc5c(cc4C(c4ccccc4)c4cc6c(cc42)C(C)(C)c2ccccc2-6)-c2ccccc2C5(C)C)c2ccccc12)C3(C)C. The number of fused-ring (bicyclic) bond motifs is 16. The van der Waals surface area contributed by atoms with Crippen LogP contribution in [0.5, 0.6) is 0 Å². The molecule has 1 aliphatic heterocycles. The average Bonchev–Trinajstić information content (AvgIpc) is 3.88. The summed E-state index contributed by atoms with van der Waals surface area (Å²) in [4.78, 5) is 2.71. The summed E-state index contributed by atoms with van der Waals surface area (Å²) in [6, 6.07) is 66.1. The lowest BCUT2D eigenvalue weighted by Gasteiger charge is -2.41. The Bertz CT molecular complexity index is 3530. The summed E-state index contributed by atoms with van der Waals surface area (Å²) in [7, 11) is 0. The number of hydrogen-bond acceptors (Lipinski definition) is 1. The minimum Gasteiger partial charge on any atom is -0.309 e. The molecule has 0 unspecified atom stereocenters. The number of anilines is 3. The summed E-state index contributed by atoms with van der Waals surface area (Å²) in [6.45, 7) is 19.5. The predicted molar refractivity (Wildman–Crippen MR) is 276 cm³/mol. The van der Waals surface area contributed by atoms with Gasteiger partial charge in [-0.05, 0) is 154 Å². The van der Waals surface area contributed by atoms with Gasteiger partial charge in [-0.1, -0.05) is 183 Å². The van der Waals surface area contributed by atoms with Gasteiger partial charge in [0.25, 0.3) is 0 Å². The maximum atomic E-state index is 2.71. The predicted octanol–water partition coefficient (Wildman–Crippen LogP) is 17.0. The molecule has 4 aliphatic carbocycles. The molecule has 0 N–H and O–H groups in total. The molecule has 0 saturated carbocycles. The van der Waals surface area contributed by atoms with Crippen molar-refractivity contribution in [3.05, 3.63) is 231 Å². The molecule has 0 bridgehead atoms. The lowest BCUT2D eigenvalue weighted by atomic mass is 9.75. The van der Waals surface area contributed by atoms with E-state index < -0.39 is 0 Å². The van der Waals surface area contributed by atoms with Gasteiger partial charge in [-0.2, -0.15) is 0 Å². The minimum atomic E-state index is -0.239. The summed E-state index contributed by atoms with van der Waals surface area (Å²) in [5.41, 5.74) is 29.4. The Morgan fingerprint density at radius 1 is 0.303 bits per heavy atom. The topological polar surface area (TPSA) is 3.24 Å². The molecule has 9 aromatic carbocycles. The molecule has 14 rings (SSSR count).